The number of ether oxygens (including phenoxy) is 2. The Balaban J connectivity index is 2.41. The van der Waals surface area contributed by atoms with Gasteiger partial charge in [0.1, 0.15) is 11.4 Å². The predicted molar refractivity (Wildman–Crippen MR) is 49.9 cm³/mol. The number of methoxy groups -OCH3 is 1. The van der Waals surface area contributed by atoms with Crippen molar-refractivity contribution in [2.75, 3.05) is 12.2 Å². The van der Waals surface area contributed by atoms with Crippen LogP contribution < -0.4 is 14.5 Å². The van der Waals surface area contributed by atoms with E-state index >= 15 is 0 Å². The summed E-state index contributed by atoms with van der Waals surface area (Å²) in [5.41, 5.74) is 0.272. The van der Waals surface area contributed by atoms with E-state index in [0.29, 0.717) is 10.8 Å². The summed E-state index contributed by atoms with van der Waals surface area (Å²) in [6.45, 7) is 0. The Morgan fingerprint density at radius 1 is 1.40 bits per heavy atom. The number of anilines is 1. The van der Waals surface area contributed by atoms with Gasteiger partial charge in [-0.05, 0) is 12.1 Å². The van der Waals surface area contributed by atoms with Crippen LogP contribution in [0.2, 0.25) is 0 Å². The van der Waals surface area contributed by atoms with Crippen molar-refractivity contribution in [2.24, 2.45) is 0 Å². The molecule has 0 saturated heterocycles. The van der Waals surface area contributed by atoms with Gasteiger partial charge >= 0.3 is 0 Å². The van der Waals surface area contributed by atoms with Crippen molar-refractivity contribution in [3.8, 4) is 11.5 Å². The summed E-state index contributed by atoms with van der Waals surface area (Å²) >= 11 is 0. The molecule has 0 fully saturated rings. The van der Waals surface area contributed by atoms with Crippen molar-refractivity contribution in [3.63, 3.8) is 0 Å². The molecule has 0 saturated carbocycles. The summed E-state index contributed by atoms with van der Waals surface area (Å²) in [7, 11) is 1.49. The first-order valence-corrected chi connectivity index (χ1v) is 4.32. The Bertz CT molecular complexity index is 370. The van der Waals surface area contributed by atoms with Crippen LogP contribution in [-0.2, 0) is 0 Å². The molecule has 2 atom stereocenters. The van der Waals surface area contributed by atoms with Gasteiger partial charge < -0.3 is 19.7 Å². The van der Waals surface area contributed by atoms with E-state index in [1.165, 1.54) is 19.2 Å². The van der Waals surface area contributed by atoms with E-state index in [1.54, 1.807) is 6.07 Å². The number of hydrogen-bond donors (Lipinski definition) is 3. The van der Waals surface area contributed by atoms with Crippen LogP contribution in [0.5, 0.6) is 11.5 Å². The van der Waals surface area contributed by atoms with Crippen molar-refractivity contribution in [2.45, 2.75) is 12.5 Å². The maximum Gasteiger partial charge on any atom is 0.245 e. The molecule has 1 aliphatic rings. The van der Waals surface area contributed by atoms with Crippen LogP contribution in [0.15, 0.2) is 18.2 Å². The summed E-state index contributed by atoms with van der Waals surface area (Å²) in [5, 5.41) is 28.5. The molecule has 15 heavy (non-hydrogen) atoms. The van der Waals surface area contributed by atoms with Crippen molar-refractivity contribution < 1.29 is 24.9 Å². The monoisotopic (exact) mass is 213 g/mol. The van der Waals surface area contributed by atoms with Gasteiger partial charge in [0.2, 0.25) is 12.5 Å². The number of hydroxylamine groups is 1. The zero-order valence-electron chi connectivity index (χ0n) is 7.99. The summed E-state index contributed by atoms with van der Waals surface area (Å²) in [6.07, 6.45) is -2.99. The molecule has 2 rings (SSSR count). The zero-order chi connectivity index (χ0) is 11.0. The SMILES string of the molecule is COc1ccc2c(c1)O[C@H](O)[C@H](O)N2O. The van der Waals surface area contributed by atoms with E-state index in [9.17, 15) is 15.4 Å². The van der Waals surface area contributed by atoms with Crippen LogP contribution >= 0.6 is 0 Å². The fourth-order valence-electron chi connectivity index (χ4n) is 1.36. The Labute approximate surface area is 85.8 Å². The number of aliphatic hydroxyl groups excluding tert-OH is 2. The topological polar surface area (TPSA) is 82.4 Å². The van der Waals surface area contributed by atoms with E-state index < -0.39 is 12.5 Å². The van der Waals surface area contributed by atoms with Gasteiger partial charge in [0.15, 0.2) is 5.75 Å². The van der Waals surface area contributed by atoms with Gasteiger partial charge in [0.05, 0.1) is 7.11 Å². The summed E-state index contributed by atoms with van der Waals surface area (Å²) in [5.74, 6) is 0.778. The predicted octanol–water partition coefficient (Wildman–Crippen LogP) is -0.0800. The minimum Gasteiger partial charge on any atom is -0.497 e. The van der Waals surface area contributed by atoms with Crippen LogP contribution in [0.3, 0.4) is 0 Å². The largest absolute Gasteiger partial charge is 0.497 e. The summed E-state index contributed by atoms with van der Waals surface area (Å²) in [6, 6.07) is 4.63. The van der Waals surface area contributed by atoms with Gasteiger partial charge in [-0.2, -0.15) is 0 Å². The smallest absolute Gasteiger partial charge is 0.245 e. The molecular weight excluding hydrogens is 202 g/mol. The molecule has 6 nitrogen and oxygen atoms in total. The van der Waals surface area contributed by atoms with E-state index in [0.717, 1.165) is 0 Å². The zero-order valence-corrected chi connectivity index (χ0v) is 7.99. The molecule has 0 aliphatic carbocycles. The highest BCUT2D eigenvalue weighted by Crippen LogP contribution is 2.36. The average molecular weight is 213 g/mol. The van der Waals surface area contributed by atoms with Gasteiger partial charge in [0.25, 0.3) is 0 Å². The van der Waals surface area contributed by atoms with Crippen molar-refractivity contribution in [1.29, 1.82) is 0 Å². The number of nitrogens with zero attached hydrogens (tertiary/aromatic N) is 1. The number of aliphatic hydroxyl groups is 2. The first-order chi connectivity index (χ1) is 7.13. The molecule has 1 aliphatic heterocycles. The van der Waals surface area contributed by atoms with Gasteiger partial charge in [-0.15, -0.1) is 0 Å². The molecule has 82 valence electrons. The fourth-order valence-corrected chi connectivity index (χ4v) is 1.36. The number of hydrogen-bond acceptors (Lipinski definition) is 6. The van der Waals surface area contributed by atoms with E-state index in [4.69, 9.17) is 9.47 Å². The molecule has 1 heterocycles. The van der Waals surface area contributed by atoms with Crippen molar-refractivity contribution in [1.82, 2.24) is 0 Å². The third kappa shape index (κ3) is 1.58. The second-order valence-corrected chi connectivity index (χ2v) is 3.10. The molecule has 0 amide bonds. The molecule has 0 unspecified atom stereocenters. The number of rotatable bonds is 1. The lowest BCUT2D eigenvalue weighted by Crippen LogP contribution is -2.48. The quantitative estimate of drug-likeness (QED) is 0.605. The van der Waals surface area contributed by atoms with E-state index in [1.807, 2.05) is 0 Å². The summed E-state index contributed by atoms with van der Waals surface area (Å²) < 4.78 is 9.93. The number of benzene rings is 1. The minimum absolute atomic E-state index is 0.245. The van der Waals surface area contributed by atoms with E-state index in [-0.39, 0.29) is 11.4 Å². The molecule has 0 radical (unpaired) electrons. The first-order valence-electron chi connectivity index (χ1n) is 4.32. The van der Waals surface area contributed by atoms with Crippen LogP contribution in [0, 0.1) is 0 Å². The fraction of sp³-hybridized carbons (Fsp3) is 0.333. The van der Waals surface area contributed by atoms with Crippen molar-refractivity contribution >= 4 is 5.69 Å². The van der Waals surface area contributed by atoms with Gasteiger partial charge in [-0.1, -0.05) is 0 Å². The lowest BCUT2D eigenvalue weighted by atomic mass is 10.2. The Morgan fingerprint density at radius 3 is 2.80 bits per heavy atom. The van der Waals surface area contributed by atoms with Crippen molar-refractivity contribution in [3.05, 3.63) is 18.2 Å². The molecule has 1 aromatic carbocycles. The molecule has 0 aromatic heterocycles. The second kappa shape index (κ2) is 3.58. The molecule has 0 bridgehead atoms. The van der Waals surface area contributed by atoms with Gasteiger partial charge in [0, 0.05) is 6.07 Å². The van der Waals surface area contributed by atoms with Crippen LogP contribution in [-0.4, -0.2) is 35.0 Å². The Kier molecular flexibility index (Phi) is 2.39. The first kappa shape index (κ1) is 10.0. The van der Waals surface area contributed by atoms with Crippen LogP contribution in [0.1, 0.15) is 0 Å². The maximum absolute atomic E-state index is 9.47. The summed E-state index contributed by atoms with van der Waals surface area (Å²) in [4.78, 5) is 0. The molecular formula is C9H11NO5. The van der Waals surface area contributed by atoms with Gasteiger partial charge in [-0.25, -0.2) is 5.06 Å². The highest BCUT2D eigenvalue weighted by Gasteiger charge is 2.32. The standard InChI is InChI=1S/C9H11NO5/c1-14-5-2-3-6-7(4-5)15-9(12)8(11)10(6)13/h2-4,8-9,11-13H,1H3/t8-,9-/m0/s1. The van der Waals surface area contributed by atoms with E-state index in [2.05, 4.69) is 0 Å². The lowest BCUT2D eigenvalue weighted by molar-refractivity contribution is -0.137. The molecule has 0 spiro atoms. The molecule has 6 heteroatoms. The van der Waals surface area contributed by atoms with Crippen LogP contribution in [0.25, 0.3) is 0 Å². The molecule has 1 aromatic rings. The lowest BCUT2D eigenvalue weighted by Gasteiger charge is -2.33. The molecule has 3 N–H and O–H groups in total. The highest BCUT2D eigenvalue weighted by atomic mass is 16.6. The Morgan fingerprint density at radius 2 is 2.13 bits per heavy atom. The third-order valence-electron chi connectivity index (χ3n) is 2.17. The second-order valence-electron chi connectivity index (χ2n) is 3.10. The number of fused-ring (bicyclic) bond motifs is 1. The average Bonchev–Trinajstić information content (AvgIpc) is 2.25. The highest BCUT2D eigenvalue weighted by molar-refractivity contribution is 5.61. The Hall–Kier alpha value is -1.50. The van der Waals surface area contributed by atoms with Crippen LogP contribution in [0.4, 0.5) is 5.69 Å². The van der Waals surface area contributed by atoms with Gasteiger partial charge in [-0.3, -0.25) is 5.21 Å². The normalized spacial score (nSPS) is 24.4. The minimum atomic E-state index is -1.49. The third-order valence-corrected chi connectivity index (χ3v) is 2.17. The maximum atomic E-state index is 9.47.